The van der Waals surface area contributed by atoms with Gasteiger partial charge in [-0.15, -0.1) is 0 Å². The second-order valence-electron chi connectivity index (χ2n) is 4.47. The average molecular weight is 232 g/mol. The third-order valence-electron chi connectivity index (χ3n) is 3.29. The zero-order valence-electron chi connectivity index (χ0n) is 10.6. The summed E-state index contributed by atoms with van der Waals surface area (Å²) in [6, 6.07) is 6.42. The predicted molar refractivity (Wildman–Crippen MR) is 69.4 cm³/mol. The van der Waals surface area contributed by atoms with E-state index in [0.29, 0.717) is 12.5 Å². The van der Waals surface area contributed by atoms with Crippen LogP contribution in [0.2, 0.25) is 0 Å². The van der Waals surface area contributed by atoms with E-state index in [0.717, 1.165) is 11.3 Å². The van der Waals surface area contributed by atoms with Gasteiger partial charge in [0.2, 0.25) is 0 Å². The van der Waals surface area contributed by atoms with Gasteiger partial charge in [-0.3, -0.25) is 0 Å². The van der Waals surface area contributed by atoms with Crippen LogP contribution in [0, 0.1) is 0 Å². The van der Waals surface area contributed by atoms with Crippen molar-refractivity contribution in [3.8, 4) is 5.75 Å². The Bertz CT molecular complexity index is 396. The maximum atomic E-state index is 5.34. The molecule has 1 aliphatic carbocycles. The molecule has 1 aromatic carbocycles. The summed E-state index contributed by atoms with van der Waals surface area (Å²) in [6.07, 6.45) is 8.36. The van der Waals surface area contributed by atoms with Gasteiger partial charge in [0.1, 0.15) is 5.75 Å². The zero-order valence-corrected chi connectivity index (χ0v) is 10.6. The molecule has 0 bridgehead atoms. The number of allylic oxidation sites excluding steroid dienone is 2. The van der Waals surface area contributed by atoms with Gasteiger partial charge < -0.3 is 9.47 Å². The van der Waals surface area contributed by atoms with E-state index in [1.807, 2.05) is 6.07 Å². The molecule has 2 heteroatoms. The van der Waals surface area contributed by atoms with Gasteiger partial charge in [0, 0.05) is 18.6 Å². The number of methoxy groups -OCH3 is 2. The minimum Gasteiger partial charge on any atom is -0.496 e. The first-order valence-corrected chi connectivity index (χ1v) is 6.17. The number of hydrogen-bond donors (Lipinski definition) is 0. The molecule has 0 radical (unpaired) electrons. The van der Waals surface area contributed by atoms with E-state index in [9.17, 15) is 0 Å². The molecule has 0 amide bonds. The molecular formula is C15H20O2. The highest BCUT2D eigenvalue weighted by atomic mass is 16.5. The standard InChI is InChI=1S/C15H20O2/c1-16-11-14-10-13(8-9-15(14)17-2)12-6-4-3-5-7-12/h4,6,8-10,12H,3,5,7,11H2,1-2H3. The van der Waals surface area contributed by atoms with Gasteiger partial charge in [-0.1, -0.05) is 18.2 Å². The van der Waals surface area contributed by atoms with Gasteiger partial charge in [0.05, 0.1) is 13.7 Å². The molecule has 1 aromatic rings. The molecule has 0 fully saturated rings. The number of ether oxygens (including phenoxy) is 2. The summed E-state index contributed by atoms with van der Waals surface area (Å²) in [5.41, 5.74) is 2.50. The summed E-state index contributed by atoms with van der Waals surface area (Å²) in [4.78, 5) is 0. The van der Waals surface area contributed by atoms with Crippen molar-refractivity contribution in [2.75, 3.05) is 14.2 Å². The number of rotatable bonds is 4. The van der Waals surface area contributed by atoms with Crippen LogP contribution in [0.15, 0.2) is 30.4 Å². The van der Waals surface area contributed by atoms with Crippen LogP contribution in [0.5, 0.6) is 5.75 Å². The molecule has 1 atom stereocenters. The molecule has 0 heterocycles. The van der Waals surface area contributed by atoms with Crippen molar-refractivity contribution in [2.45, 2.75) is 31.8 Å². The second kappa shape index (κ2) is 5.87. The summed E-state index contributed by atoms with van der Waals surface area (Å²) < 4.78 is 10.6. The average Bonchev–Trinajstić information content (AvgIpc) is 2.40. The maximum absolute atomic E-state index is 5.34. The molecule has 0 aliphatic heterocycles. The Morgan fingerprint density at radius 1 is 1.29 bits per heavy atom. The summed E-state index contributed by atoms with van der Waals surface area (Å²) in [5.74, 6) is 1.47. The third kappa shape index (κ3) is 2.89. The molecule has 92 valence electrons. The molecule has 0 N–H and O–H groups in total. The molecule has 1 unspecified atom stereocenters. The van der Waals surface area contributed by atoms with Crippen LogP contribution >= 0.6 is 0 Å². The second-order valence-corrected chi connectivity index (χ2v) is 4.47. The molecule has 1 aliphatic rings. The highest BCUT2D eigenvalue weighted by Crippen LogP contribution is 2.31. The molecule has 0 saturated heterocycles. The van der Waals surface area contributed by atoms with Gasteiger partial charge in [-0.05, 0) is 37.0 Å². The number of hydrogen-bond acceptors (Lipinski definition) is 2. The van der Waals surface area contributed by atoms with E-state index < -0.39 is 0 Å². The molecule has 2 rings (SSSR count). The lowest BCUT2D eigenvalue weighted by molar-refractivity contribution is 0.181. The summed E-state index contributed by atoms with van der Waals surface area (Å²) >= 11 is 0. The fourth-order valence-electron chi connectivity index (χ4n) is 2.39. The zero-order chi connectivity index (χ0) is 12.1. The van der Waals surface area contributed by atoms with Crippen LogP contribution in [0.1, 0.15) is 36.3 Å². The lowest BCUT2D eigenvalue weighted by atomic mass is 9.88. The quantitative estimate of drug-likeness (QED) is 0.737. The van der Waals surface area contributed by atoms with Gasteiger partial charge >= 0.3 is 0 Å². The van der Waals surface area contributed by atoms with Crippen molar-refractivity contribution < 1.29 is 9.47 Å². The van der Waals surface area contributed by atoms with Gasteiger partial charge in [0.25, 0.3) is 0 Å². The van der Waals surface area contributed by atoms with Crippen molar-refractivity contribution in [3.63, 3.8) is 0 Å². The lowest BCUT2D eigenvalue weighted by Gasteiger charge is -2.18. The molecule has 0 aromatic heterocycles. The Balaban J connectivity index is 2.25. The van der Waals surface area contributed by atoms with Crippen molar-refractivity contribution in [2.24, 2.45) is 0 Å². The highest BCUT2D eigenvalue weighted by Gasteiger charge is 2.13. The van der Waals surface area contributed by atoms with Gasteiger partial charge in [-0.2, -0.15) is 0 Å². The Labute approximate surface area is 103 Å². The van der Waals surface area contributed by atoms with Crippen LogP contribution in [-0.4, -0.2) is 14.2 Å². The molecule has 17 heavy (non-hydrogen) atoms. The van der Waals surface area contributed by atoms with E-state index in [-0.39, 0.29) is 0 Å². The topological polar surface area (TPSA) is 18.5 Å². The van der Waals surface area contributed by atoms with Gasteiger partial charge in [0.15, 0.2) is 0 Å². The number of benzene rings is 1. The predicted octanol–water partition coefficient (Wildman–Crippen LogP) is 3.67. The van der Waals surface area contributed by atoms with Crippen molar-refractivity contribution in [1.82, 2.24) is 0 Å². The van der Waals surface area contributed by atoms with Crippen molar-refractivity contribution >= 4 is 0 Å². The normalized spacial score (nSPS) is 19.3. The van der Waals surface area contributed by atoms with Crippen LogP contribution in [0.25, 0.3) is 0 Å². The van der Waals surface area contributed by atoms with E-state index >= 15 is 0 Å². The van der Waals surface area contributed by atoms with Crippen LogP contribution in [0.3, 0.4) is 0 Å². The molecule has 2 nitrogen and oxygen atoms in total. The minimum atomic E-state index is 0.560. The summed E-state index contributed by atoms with van der Waals surface area (Å²) in [6.45, 7) is 0.605. The van der Waals surface area contributed by atoms with Crippen molar-refractivity contribution in [3.05, 3.63) is 41.5 Å². The summed E-state index contributed by atoms with van der Waals surface area (Å²) in [5, 5.41) is 0. The fraction of sp³-hybridized carbons (Fsp3) is 0.467. The molecule has 0 saturated carbocycles. The lowest BCUT2D eigenvalue weighted by Crippen LogP contribution is -2.02. The molecular weight excluding hydrogens is 212 g/mol. The van der Waals surface area contributed by atoms with Crippen LogP contribution in [0.4, 0.5) is 0 Å². The van der Waals surface area contributed by atoms with Crippen LogP contribution in [-0.2, 0) is 11.3 Å². The molecule has 0 spiro atoms. The minimum absolute atomic E-state index is 0.560. The largest absolute Gasteiger partial charge is 0.496 e. The Kier molecular flexibility index (Phi) is 4.21. The van der Waals surface area contributed by atoms with Crippen LogP contribution < -0.4 is 4.74 Å². The van der Waals surface area contributed by atoms with Gasteiger partial charge in [-0.25, -0.2) is 0 Å². The highest BCUT2D eigenvalue weighted by molar-refractivity contribution is 5.39. The first kappa shape index (κ1) is 12.2. The van der Waals surface area contributed by atoms with E-state index in [2.05, 4.69) is 24.3 Å². The first-order valence-electron chi connectivity index (χ1n) is 6.17. The third-order valence-corrected chi connectivity index (χ3v) is 3.29. The SMILES string of the molecule is COCc1cc(C2C=CCCC2)ccc1OC. The Hall–Kier alpha value is -1.28. The van der Waals surface area contributed by atoms with E-state index in [1.165, 1.54) is 24.8 Å². The first-order chi connectivity index (χ1) is 8.35. The Morgan fingerprint density at radius 2 is 2.18 bits per heavy atom. The monoisotopic (exact) mass is 232 g/mol. The fourth-order valence-corrected chi connectivity index (χ4v) is 2.39. The maximum Gasteiger partial charge on any atom is 0.124 e. The summed E-state index contributed by atoms with van der Waals surface area (Å²) in [7, 11) is 3.42. The van der Waals surface area contributed by atoms with E-state index in [1.54, 1.807) is 14.2 Å². The Morgan fingerprint density at radius 3 is 2.82 bits per heavy atom. The van der Waals surface area contributed by atoms with Crippen molar-refractivity contribution in [1.29, 1.82) is 0 Å². The van der Waals surface area contributed by atoms with E-state index in [4.69, 9.17) is 9.47 Å². The smallest absolute Gasteiger partial charge is 0.124 e.